The van der Waals surface area contributed by atoms with Crippen molar-refractivity contribution in [1.29, 1.82) is 0 Å². The standard InChI is InChI=1S/C14H23N3O/c1-9-11(15)16-13(14(2,3)4)17-12(9)18-8-7-10-5-6-10/h10H,5-8H2,1-4H3,(H2,15,16,17). The van der Waals surface area contributed by atoms with E-state index in [1.54, 1.807) is 0 Å². The number of ether oxygens (including phenoxy) is 1. The van der Waals surface area contributed by atoms with Gasteiger partial charge in [-0.2, -0.15) is 4.98 Å². The van der Waals surface area contributed by atoms with Crippen LogP contribution in [-0.4, -0.2) is 16.6 Å². The maximum absolute atomic E-state index is 5.93. The molecule has 18 heavy (non-hydrogen) atoms. The summed E-state index contributed by atoms with van der Waals surface area (Å²) in [5.41, 5.74) is 6.66. The van der Waals surface area contributed by atoms with E-state index in [0.29, 0.717) is 11.7 Å². The Bertz CT molecular complexity index is 433. The molecule has 1 fully saturated rings. The van der Waals surface area contributed by atoms with E-state index in [0.717, 1.165) is 30.3 Å². The van der Waals surface area contributed by atoms with Crippen LogP contribution in [0.1, 0.15) is 51.4 Å². The molecule has 0 bridgehead atoms. The van der Waals surface area contributed by atoms with Crippen molar-refractivity contribution in [3.05, 3.63) is 11.4 Å². The van der Waals surface area contributed by atoms with Crippen molar-refractivity contribution < 1.29 is 4.74 Å². The SMILES string of the molecule is Cc1c(N)nc(C(C)(C)C)nc1OCCC1CC1. The van der Waals surface area contributed by atoms with Crippen LogP contribution in [0.5, 0.6) is 5.88 Å². The molecule has 2 rings (SSSR count). The fraction of sp³-hybridized carbons (Fsp3) is 0.714. The van der Waals surface area contributed by atoms with Gasteiger partial charge in [-0.3, -0.25) is 0 Å². The van der Waals surface area contributed by atoms with Crippen LogP contribution in [0.25, 0.3) is 0 Å². The maximum atomic E-state index is 5.93. The molecular formula is C14H23N3O. The molecule has 0 unspecified atom stereocenters. The molecular weight excluding hydrogens is 226 g/mol. The maximum Gasteiger partial charge on any atom is 0.221 e. The third-order valence-electron chi connectivity index (χ3n) is 3.27. The van der Waals surface area contributed by atoms with Crippen LogP contribution in [0.2, 0.25) is 0 Å². The van der Waals surface area contributed by atoms with Gasteiger partial charge in [-0.15, -0.1) is 0 Å². The summed E-state index contributed by atoms with van der Waals surface area (Å²) in [5.74, 6) is 2.78. The average molecular weight is 249 g/mol. The molecule has 0 spiro atoms. The normalized spacial score (nSPS) is 15.8. The fourth-order valence-electron chi connectivity index (χ4n) is 1.72. The highest BCUT2D eigenvalue weighted by Crippen LogP contribution is 2.32. The zero-order valence-corrected chi connectivity index (χ0v) is 11.8. The van der Waals surface area contributed by atoms with E-state index in [1.165, 1.54) is 12.8 Å². The third kappa shape index (κ3) is 3.12. The number of hydrogen-bond acceptors (Lipinski definition) is 4. The molecule has 0 aliphatic heterocycles. The molecule has 0 radical (unpaired) electrons. The van der Waals surface area contributed by atoms with Crippen LogP contribution >= 0.6 is 0 Å². The van der Waals surface area contributed by atoms with Crippen LogP contribution in [0.4, 0.5) is 5.82 Å². The number of nitrogens with zero attached hydrogens (tertiary/aromatic N) is 2. The van der Waals surface area contributed by atoms with Crippen molar-refractivity contribution >= 4 is 5.82 Å². The number of nitrogens with two attached hydrogens (primary N) is 1. The molecule has 0 aromatic carbocycles. The van der Waals surface area contributed by atoms with Crippen LogP contribution < -0.4 is 10.5 Å². The molecule has 0 atom stereocenters. The van der Waals surface area contributed by atoms with E-state index in [4.69, 9.17) is 10.5 Å². The smallest absolute Gasteiger partial charge is 0.221 e. The summed E-state index contributed by atoms with van der Waals surface area (Å²) < 4.78 is 5.77. The number of anilines is 1. The van der Waals surface area contributed by atoms with E-state index >= 15 is 0 Å². The Labute approximate surface area is 109 Å². The van der Waals surface area contributed by atoms with Crippen LogP contribution in [0, 0.1) is 12.8 Å². The second kappa shape index (κ2) is 4.75. The van der Waals surface area contributed by atoms with Gasteiger partial charge in [0.1, 0.15) is 11.6 Å². The van der Waals surface area contributed by atoms with Crippen molar-refractivity contribution in [3.8, 4) is 5.88 Å². The monoisotopic (exact) mass is 249 g/mol. The lowest BCUT2D eigenvalue weighted by Gasteiger charge is -2.19. The molecule has 1 aliphatic rings. The van der Waals surface area contributed by atoms with Crippen molar-refractivity contribution in [3.63, 3.8) is 0 Å². The van der Waals surface area contributed by atoms with Crippen LogP contribution in [-0.2, 0) is 5.41 Å². The predicted octanol–water partition coefficient (Wildman–Crippen LogP) is 2.84. The van der Waals surface area contributed by atoms with E-state index in [-0.39, 0.29) is 5.41 Å². The largest absolute Gasteiger partial charge is 0.477 e. The van der Waals surface area contributed by atoms with Gasteiger partial charge in [0.15, 0.2) is 0 Å². The first-order valence-corrected chi connectivity index (χ1v) is 6.65. The Morgan fingerprint density at radius 1 is 1.28 bits per heavy atom. The van der Waals surface area contributed by atoms with E-state index < -0.39 is 0 Å². The van der Waals surface area contributed by atoms with Gasteiger partial charge in [-0.1, -0.05) is 33.6 Å². The lowest BCUT2D eigenvalue weighted by molar-refractivity contribution is 0.286. The fourth-order valence-corrected chi connectivity index (χ4v) is 1.72. The summed E-state index contributed by atoms with van der Waals surface area (Å²) in [6, 6.07) is 0. The second-order valence-electron chi connectivity index (χ2n) is 6.19. The van der Waals surface area contributed by atoms with Gasteiger partial charge >= 0.3 is 0 Å². The molecule has 4 nitrogen and oxygen atoms in total. The summed E-state index contributed by atoms with van der Waals surface area (Å²) in [7, 11) is 0. The Morgan fingerprint density at radius 2 is 1.94 bits per heavy atom. The molecule has 1 heterocycles. The molecule has 0 amide bonds. The average Bonchev–Trinajstić information content (AvgIpc) is 3.06. The minimum atomic E-state index is -0.115. The molecule has 1 aliphatic carbocycles. The summed E-state index contributed by atoms with van der Waals surface area (Å²) in [6.45, 7) is 8.86. The zero-order chi connectivity index (χ0) is 13.3. The van der Waals surface area contributed by atoms with E-state index in [1.807, 2.05) is 6.92 Å². The molecule has 1 saturated carbocycles. The van der Waals surface area contributed by atoms with E-state index in [9.17, 15) is 0 Å². The molecule has 100 valence electrons. The topological polar surface area (TPSA) is 61.0 Å². The lowest BCUT2D eigenvalue weighted by atomic mass is 9.95. The highest BCUT2D eigenvalue weighted by atomic mass is 16.5. The summed E-state index contributed by atoms with van der Waals surface area (Å²) in [4.78, 5) is 8.86. The first-order valence-electron chi connectivity index (χ1n) is 6.65. The molecule has 1 aromatic rings. The highest BCUT2D eigenvalue weighted by Gasteiger charge is 2.23. The van der Waals surface area contributed by atoms with Crippen LogP contribution in [0.3, 0.4) is 0 Å². The van der Waals surface area contributed by atoms with Gasteiger partial charge in [-0.25, -0.2) is 4.98 Å². The van der Waals surface area contributed by atoms with Gasteiger partial charge in [0.25, 0.3) is 0 Å². The molecule has 1 aromatic heterocycles. The highest BCUT2D eigenvalue weighted by molar-refractivity contribution is 5.45. The molecule has 2 N–H and O–H groups in total. The quantitative estimate of drug-likeness (QED) is 0.891. The minimum Gasteiger partial charge on any atom is -0.477 e. The number of aromatic nitrogens is 2. The summed E-state index contributed by atoms with van der Waals surface area (Å²) >= 11 is 0. The van der Waals surface area contributed by atoms with Crippen molar-refractivity contribution in [1.82, 2.24) is 9.97 Å². The first kappa shape index (κ1) is 13.1. The van der Waals surface area contributed by atoms with E-state index in [2.05, 4.69) is 30.7 Å². The first-order chi connectivity index (χ1) is 8.38. The number of rotatable bonds is 4. The molecule has 4 heteroatoms. The Kier molecular flexibility index (Phi) is 3.46. The summed E-state index contributed by atoms with van der Waals surface area (Å²) in [6.07, 6.45) is 3.82. The van der Waals surface area contributed by atoms with Gasteiger partial charge < -0.3 is 10.5 Å². The van der Waals surface area contributed by atoms with Crippen molar-refractivity contribution in [2.45, 2.75) is 52.4 Å². The van der Waals surface area contributed by atoms with Crippen molar-refractivity contribution in [2.75, 3.05) is 12.3 Å². The van der Waals surface area contributed by atoms with Crippen LogP contribution in [0.15, 0.2) is 0 Å². The van der Waals surface area contributed by atoms with Crippen molar-refractivity contribution in [2.24, 2.45) is 5.92 Å². The number of hydrogen-bond donors (Lipinski definition) is 1. The predicted molar refractivity (Wildman–Crippen MR) is 72.7 cm³/mol. The Balaban J connectivity index is 2.13. The van der Waals surface area contributed by atoms with Gasteiger partial charge in [0.2, 0.25) is 5.88 Å². The number of nitrogen functional groups attached to an aromatic ring is 1. The van der Waals surface area contributed by atoms with Gasteiger partial charge in [0.05, 0.1) is 12.2 Å². The zero-order valence-electron chi connectivity index (χ0n) is 11.8. The third-order valence-corrected chi connectivity index (χ3v) is 3.27. The molecule has 0 saturated heterocycles. The van der Waals surface area contributed by atoms with Gasteiger partial charge in [-0.05, 0) is 19.3 Å². The second-order valence-corrected chi connectivity index (χ2v) is 6.19. The Morgan fingerprint density at radius 3 is 2.50 bits per heavy atom. The summed E-state index contributed by atoms with van der Waals surface area (Å²) in [5, 5.41) is 0. The minimum absolute atomic E-state index is 0.115. The van der Waals surface area contributed by atoms with Gasteiger partial charge in [0, 0.05) is 5.41 Å². The Hall–Kier alpha value is -1.32. The lowest BCUT2D eigenvalue weighted by Crippen LogP contribution is -2.18.